The summed E-state index contributed by atoms with van der Waals surface area (Å²) < 4.78 is 0. The number of rotatable bonds is 3. The van der Waals surface area contributed by atoms with Crippen LogP contribution < -0.4 is 10.2 Å². The highest BCUT2D eigenvalue weighted by atomic mass is 16.2. The van der Waals surface area contributed by atoms with Crippen LogP contribution in [0.15, 0.2) is 72.8 Å². The number of aryl methyl sites for hydroxylation is 2. The summed E-state index contributed by atoms with van der Waals surface area (Å²) >= 11 is 0. The van der Waals surface area contributed by atoms with Crippen molar-refractivity contribution in [1.29, 1.82) is 0 Å². The number of nitrogens with zero attached hydrogens (tertiary/aromatic N) is 1. The van der Waals surface area contributed by atoms with Gasteiger partial charge in [0.2, 0.25) is 5.91 Å². The molecule has 4 nitrogen and oxygen atoms in total. The molecule has 1 atom stereocenters. The van der Waals surface area contributed by atoms with Crippen molar-refractivity contribution in [1.82, 2.24) is 0 Å². The largest absolute Gasteiger partial charge is 0.324 e. The second kappa shape index (κ2) is 7.31. The summed E-state index contributed by atoms with van der Waals surface area (Å²) in [4.78, 5) is 28.1. The molecule has 0 aliphatic carbocycles. The maximum Gasteiger partial charge on any atom is 0.259 e. The summed E-state index contributed by atoms with van der Waals surface area (Å²) in [5.74, 6) is -0.333. The van der Waals surface area contributed by atoms with E-state index in [4.69, 9.17) is 0 Å². The monoisotopic (exact) mass is 370 g/mol. The minimum Gasteiger partial charge on any atom is -0.324 e. The predicted octanol–water partition coefficient (Wildman–Crippen LogP) is 4.51. The lowest BCUT2D eigenvalue weighted by atomic mass is 10.1. The second-order valence-corrected chi connectivity index (χ2v) is 7.20. The Labute approximate surface area is 164 Å². The Balaban J connectivity index is 1.68. The van der Waals surface area contributed by atoms with Gasteiger partial charge in [0.05, 0.1) is 0 Å². The molecule has 0 bridgehead atoms. The molecule has 4 rings (SSSR count). The van der Waals surface area contributed by atoms with Crippen molar-refractivity contribution in [3.63, 3.8) is 0 Å². The van der Waals surface area contributed by atoms with Gasteiger partial charge >= 0.3 is 0 Å². The Morgan fingerprint density at radius 1 is 0.929 bits per heavy atom. The molecular formula is C24H22N2O2. The molecule has 1 heterocycles. The van der Waals surface area contributed by atoms with E-state index in [1.54, 1.807) is 17.0 Å². The first-order valence-corrected chi connectivity index (χ1v) is 9.39. The van der Waals surface area contributed by atoms with Crippen LogP contribution >= 0.6 is 0 Å². The van der Waals surface area contributed by atoms with E-state index >= 15 is 0 Å². The van der Waals surface area contributed by atoms with Gasteiger partial charge in [0.25, 0.3) is 5.91 Å². The van der Waals surface area contributed by atoms with Crippen molar-refractivity contribution in [2.24, 2.45) is 0 Å². The van der Waals surface area contributed by atoms with Crippen LogP contribution in [-0.4, -0.2) is 17.9 Å². The molecule has 0 fully saturated rings. The fourth-order valence-electron chi connectivity index (χ4n) is 3.65. The van der Waals surface area contributed by atoms with E-state index < -0.39 is 6.04 Å². The van der Waals surface area contributed by atoms with Crippen molar-refractivity contribution in [2.75, 3.05) is 10.2 Å². The van der Waals surface area contributed by atoms with E-state index in [0.29, 0.717) is 12.0 Å². The van der Waals surface area contributed by atoms with Crippen molar-refractivity contribution in [2.45, 2.75) is 26.3 Å². The van der Waals surface area contributed by atoms with Crippen molar-refractivity contribution in [3.8, 4) is 0 Å². The van der Waals surface area contributed by atoms with Crippen LogP contribution in [0.2, 0.25) is 0 Å². The molecule has 0 aromatic heterocycles. The summed E-state index contributed by atoms with van der Waals surface area (Å²) in [6, 6.07) is 22.2. The van der Waals surface area contributed by atoms with E-state index in [1.807, 2.05) is 74.5 Å². The third-order valence-electron chi connectivity index (χ3n) is 5.17. The maximum atomic E-state index is 13.2. The van der Waals surface area contributed by atoms with E-state index in [0.717, 1.165) is 28.1 Å². The highest BCUT2D eigenvalue weighted by Gasteiger charge is 2.38. The quantitative estimate of drug-likeness (QED) is 0.737. The number of hydrogen-bond acceptors (Lipinski definition) is 2. The highest BCUT2D eigenvalue weighted by Crippen LogP contribution is 2.34. The molecule has 1 N–H and O–H groups in total. The van der Waals surface area contributed by atoms with Gasteiger partial charge in [0.1, 0.15) is 6.04 Å². The van der Waals surface area contributed by atoms with Gasteiger partial charge in [-0.05, 0) is 54.8 Å². The molecular weight excluding hydrogens is 348 g/mol. The molecule has 0 saturated heterocycles. The van der Waals surface area contributed by atoms with Gasteiger partial charge in [0.15, 0.2) is 0 Å². The summed E-state index contributed by atoms with van der Waals surface area (Å²) in [6.45, 7) is 3.96. The number of anilines is 2. The zero-order chi connectivity index (χ0) is 19.7. The van der Waals surface area contributed by atoms with Crippen molar-refractivity contribution in [3.05, 3.63) is 95.1 Å². The maximum absolute atomic E-state index is 13.2. The fraction of sp³-hybridized carbons (Fsp3) is 0.167. The Bertz CT molecular complexity index is 1040. The van der Waals surface area contributed by atoms with E-state index in [1.165, 1.54) is 0 Å². The molecule has 4 heteroatoms. The summed E-state index contributed by atoms with van der Waals surface area (Å²) in [7, 11) is 0. The van der Waals surface area contributed by atoms with Crippen LogP contribution in [0.1, 0.15) is 27.0 Å². The Morgan fingerprint density at radius 2 is 1.64 bits per heavy atom. The number of nitrogens with one attached hydrogen (secondary N) is 1. The summed E-state index contributed by atoms with van der Waals surface area (Å²) in [5, 5.41) is 3.03. The first-order chi connectivity index (χ1) is 13.5. The SMILES string of the molecule is Cc1ccc(C)c(NC(=O)[C@@H]2Cc3ccccc3N2C(=O)c2ccccc2)c1. The molecule has 1 aliphatic heterocycles. The molecule has 140 valence electrons. The number of para-hydroxylation sites is 1. The lowest BCUT2D eigenvalue weighted by Crippen LogP contribution is -2.45. The third-order valence-corrected chi connectivity index (χ3v) is 5.17. The van der Waals surface area contributed by atoms with Crippen LogP contribution in [0, 0.1) is 13.8 Å². The van der Waals surface area contributed by atoms with Gasteiger partial charge in [-0.15, -0.1) is 0 Å². The first-order valence-electron chi connectivity index (χ1n) is 9.39. The third kappa shape index (κ3) is 3.29. The fourth-order valence-corrected chi connectivity index (χ4v) is 3.65. The topological polar surface area (TPSA) is 49.4 Å². The molecule has 3 aromatic rings. The van der Waals surface area contributed by atoms with Crippen LogP contribution in [0.5, 0.6) is 0 Å². The average Bonchev–Trinajstić information content (AvgIpc) is 3.10. The molecule has 0 saturated carbocycles. The summed E-state index contributed by atoms with van der Waals surface area (Å²) in [6.07, 6.45) is 0.505. The Hall–Kier alpha value is -3.40. The van der Waals surface area contributed by atoms with Gasteiger partial charge < -0.3 is 5.32 Å². The molecule has 0 spiro atoms. The van der Waals surface area contributed by atoms with Gasteiger partial charge in [-0.3, -0.25) is 14.5 Å². The zero-order valence-corrected chi connectivity index (χ0v) is 16.0. The molecule has 3 aromatic carbocycles. The lowest BCUT2D eigenvalue weighted by Gasteiger charge is -2.25. The van der Waals surface area contributed by atoms with Gasteiger partial charge in [-0.25, -0.2) is 0 Å². The van der Waals surface area contributed by atoms with Crippen molar-refractivity contribution < 1.29 is 9.59 Å². The molecule has 1 aliphatic rings. The van der Waals surface area contributed by atoms with Crippen LogP contribution in [0.3, 0.4) is 0 Å². The minimum absolute atomic E-state index is 0.160. The minimum atomic E-state index is -0.579. The normalized spacial score (nSPS) is 15.2. The van der Waals surface area contributed by atoms with E-state index in [9.17, 15) is 9.59 Å². The Kier molecular flexibility index (Phi) is 4.70. The van der Waals surface area contributed by atoms with Crippen LogP contribution in [-0.2, 0) is 11.2 Å². The Morgan fingerprint density at radius 3 is 2.43 bits per heavy atom. The number of benzene rings is 3. The summed E-state index contributed by atoms with van der Waals surface area (Å²) in [5.41, 5.74) is 5.24. The lowest BCUT2D eigenvalue weighted by molar-refractivity contribution is -0.117. The number of amides is 2. The second-order valence-electron chi connectivity index (χ2n) is 7.20. The molecule has 28 heavy (non-hydrogen) atoms. The number of carbonyl (C=O) groups excluding carboxylic acids is 2. The number of hydrogen-bond donors (Lipinski definition) is 1. The number of fused-ring (bicyclic) bond motifs is 1. The standard InChI is InChI=1S/C24H22N2O2/c1-16-12-13-17(2)20(14-16)25-23(27)22-15-19-10-6-7-11-21(19)26(22)24(28)18-8-4-3-5-9-18/h3-14,22H,15H2,1-2H3,(H,25,27)/t22-/m0/s1. The highest BCUT2D eigenvalue weighted by molar-refractivity contribution is 6.13. The molecule has 0 unspecified atom stereocenters. The van der Waals surface area contributed by atoms with E-state index in [-0.39, 0.29) is 11.8 Å². The van der Waals surface area contributed by atoms with Gasteiger partial charge in [0, 0.05) is 23.4 Å². The first kappa shape index (κ1) is 18.0. The van der Waals surface area contributed by atoms with Gasteiger partial charge in [-0.2, -0.15) is 0 Å². The molecule has 2 amide bonds. The molecule has 0 radical (unpaired) electrons. The predicted molar refractivity (Wildman–Crippen MR) is 112 cm³/mol. The smallest absolute Gasteiger partial charge is 0.259 e. The van der Waals surface area contributed by atoms with Crippen LogP contribution in [0.4, 0.5) is 11.4 Å². The number of carbonyl (C=O) groups is 2. The van der Waals surface area contributed by atoms with E-state index in [2.05, 4.69) is 5.32 Å². The van der Waals surface area contributed by atoms with Crippen LogP contribution in [0.25, 0.3) is 0 Å². The van der Waals surface area contributed by atoms with Crippen molar-refractivity contribution >= 4 is 23.2 Å². The van der Waals surface area contributed by atoms with Gasteiger partial charge in [-0.1, -0.05) is 48.5 Å². The average molecular weight is 370 g/mol. The zero-order valence-electron chi connectivity index (χ0n) is 16.0.